The zero-order chi connectivity index (χ0) is 15.7. The second-order valence-corrected chi connectivity index (χ2v) is 6.93. The molecule has 0 atom stereocenters. The van der Waals surface area contributed by atoms with Crippen LogP contribution in [0, 0.1) is 6.92 Å². The summed E-state index contributed by atoms with van der Waals surface area (Å²) in [7, 11) is -3.95. The number of nitrogens with zero attached hydrogens (tertiary/aromatic N) is 3. The van der Waals surface area contributed by atoms with Gasteiger partial charge in [0.1, 0.15) is 4.90 Å². The van der Waals surface area contributed by atoms with Gasteiger partial charge in [0.15, 0.2) is 5.69 Å². The fraction of sp³-hybridized carbons (Fsp3) is 0.357. The lowest BCUT2D eigenvalue weighted by molar-refractivity contribution is 0.0975. The third kappa shape index (κ3) is 2.74. The molecule has 1 amide bonds. The molecule has 0 spiro atoms. The Balaban J connectivity index is 1.85. The smallest absolute Gasteiger partial charge is 0.269 e. The minimum Gasteiger partial charge on any atom is -0.269 e. The fourth-order valence-corrected chi connectivity index (χ4v) is 3.64. The summed E-state index contributed by atoms with van der Waals surface area (Å²) in [4.78, 5) is 16.0. The monoisotopic (exact) mass is 320 g/mol. The van der Waals surface area contributed by atoms with Crippen molar-refractivity contribution < 1.29 is 13.2 Å². The van der Waals surface area contributed by atoms with Gasteiger partial charge in [0.2, 0.25) is 0 Å². The second kappa shape index (κ2) is 5.53. The van der Waals surface area contributed by atoms with Gasteiger partial charge < -0.3 is 0 Å². The number of hydrogen-bond acceptors (Lipinski definition) is 5. The number of carbonyl (C=O) groups is 1. The van der Waals surface area contributed by atoms with Gasteiger partial charge >= 0.3 is 0 Å². The quantitative estimate of drug-likeness (QED) is 0.912. The van der Waals surface area contributed by atoms with Crippen LogP contribution in [0.3, 0.4) is 0 Å². The largest absolute Gasteiger partial charge is 0.285 e. The van der Waals surface area contributed by atoms with Crippen molar-refractivity contribution in [3.8, 4) is 0 Å². The Kier molecular flexibility index (Phi) is 3.69. The van der Waals surface area contributed by atoms with Gasteiger partial charge in [-0.1, -0.05) is 0 Å². The van der Waals surface area contributed by atoms with Crippen molar-refractivity contribution in [2.45, 2.75) is 37.6 Å². The Labute approximate surface area is 128 Å². The molecule has 1 aliphatic heterocycles. The topological polar surface area (TPSA) is 94.0 Å². The average Bonchev–Trinajstić information content (AvgIpc) is 2.91. The molecule has 8 heteroatoms. The average molecular weight is 320 g/mol. The molecule has 1 aliphatic rings. The maximum atomic E-state index is 12.3. The van der Waals surface area contributed by atoms with Crippen molar-refractivity contribution in [1.82, 2.24) is 19.5 Å². The van der Waals surface area contributed by atoms with E-state index in [4.69, 9.17) is 0 Å². The highest BCUT2D eigenvalue weighted by Gasteiger charge is 2.23. The Morgan fingerprint density at radius 1 is 1.36 bits per heavy atom. The lowest BCUT2D eigenvalue weighted by Crippen LogP contribution is -2.31. The highest BCUT2D eigenvalue weighted by atomic mass is 32.2. The Bertz CT molecular complexity index is 803. The van der Waals surface area contributed by atoms with Crippen LogP contribution in [-0.4, -0.2) is 29.1 Å². The number of aromatic nitrogens is 3. The molecule has 3 heterocycles. The Morgan fingerprint density at radius 3 is 2.91 bits per heavy atom. The van der Waals surface area contributed by atoms with Crippen molar-refractivity contribution in [3.05, 3.63) is 41.5 Å². The number of aryl methyl sites for hydroxylation is 3. The minimum atomic E-state index is -3.95. The third-order valence-electron chi connectivity index (χ3n) is 3.66. The molecule has 0 saturated carbocycles. The van der Waals surface area contributed by atoms with E-state index in [2.05, 4.69) is 14.8 Å². The molecule has 0 saturated heterocycles. The summed E-state index contributed by atoms with van der Waals surface area (Å²) in [6, 6.07) is 3.23. The van der Waals surface area contributed by atoms with Gasteiger partial charge in [-0.15, -0.1) is 0 Å². The number of carbonyl (C=O) groups excluding carboxylic acids is 1. The number of nitrogens with one attached hydrogen (secondary N) is 1. The highest BCUT2D eigenvalue weighted by Crippen LogP contribution is 2.16. The van der Waals surface area contributed by atoms with Crippen LogP contribution in [-0.2, 0) is 23.0 Å². The van der Waals surface area contributed by atoms with E-state index in [9.17, 15) is 13.2 Å². The number of sulfonamides is 1. The van der Waals surface area contributed by atoms with Crippen molar-refractivity contribution in [3.63, 3.8) is 0 Å². The first kappa shape index (κ1) is 14.7. The van der Waals surface area contributed by atoms with Crippen molar-refractivity contribution >= 4 is 15.9 Å². The van der Waals surface area contributed by atoms with Crippen LogP contribution < -0.4 is 4.72 Å². The number of fused-ring (bicyclic) bond motifs is 1. The molecule has 0 fully saturated rings. The summed E-state index contributed by atoms with van der Waals surface area (Å²) < 4.78 is 28.4. The van der Waals surface area contributed by atoms with Crippen LogP contribution in [0.5, 0.6) is 0 Å². The van der Waals surface area contributed by atoms with E-state index in [-0.39, 0.29) is 10.6 Å². The first-order chi connectivity index (χ1) is 10.5. The van der Waals surface area contributed by atoms with Gasteiger partial charge in [0.25, 0.3) is 15.9 Å². The molecule has 0 aromatic carbocycles. The molecule has 0 radical (unpaired) electrons. The van der Waals surface area contributed by atoms with E-state index in [1.807, 2.05) is 0 Å². The van der Waals surface area contributed by atoms with Crippen LogP contribution in [0.15, 0.2) is 29.4 Å². The number of hydrogen-bond donors (Lipinski definition) is 1. The van der Waals surface area contributed by atoms with Crippen LogP contribution in [0.25, 0.3) is 0 Å². The Morgan fingerprint density at radius 2 is 2.18 bits per heavy atom. The molecule has 0 bridgehead atoms. The summed E-state index contributed by atoms with van der Waals surface area (Å²) in [5.41, 5.74) is 1.62. The number of rotatable bonds is 3. The lowest BCUT2D eigenvalue weighted by atomic mass is 10.1. The van der Waals surface area contributed by atoms with Crippen molar-refractivity contribution in [2.24, 2.45) is 0 Å². The molecule has 0 unspecified atom stereocenters. The third-order valence-corrected chi connectivity index (χ3v) is 5.12. The summed E-state index contributed by atoms with van der Waals surface area (Å²) in [6.45, 7) is 2.41. The van der Waals surface area contributed by atoms with E-state index < -0.39 is 15.9 Å². The molecular formula is C14H16N4O3S. The maximum absolute atomic E-state index is 12.3. The molecular weight excluding hydrogens is 304 g/mol. The van der Waals surface area contributed by atoms with E-state index >= 15 is 0 Å². The minimum absolute atomic E-state index is 0.00711. The predicted octanol–water partition coefficient (Wildman–Crippen LogP) is 1.04. The first-order valence-corrected chi connectivity index (χ1v) is 8.50. The lowest BCUT2D eigenvalue weighted by Gasteiger charge is -2.11. The highest BCUT2D eigenvalue weighted by molar-refractivity contribution is 7.90. The number of amides is 1. The van der Waals surface area contributed by atoms with E-state index in [0.717, 1.165) is 31.5 Å². The summed E-state index contributed by atoms with van der Waals surface area (Å²) in [5, 5.41) is 4.18. The molecule has 1 N–H and O–H groups in total. The van der Waals surface area contributed by atoms with Crippen LogP contribution in [0.2, 0.25) is 0 Å². The van der Waals surface area contributed by atoms with Crippen molar-refractivity contribution in [1.29, 1.82) is 0 Å². The van der Waals surface area contributed by atoms with Crippen molar-refractivity contribution in [2.75, 3.05) is 0 Å². The standard InChI is InChI=1S/C14H16N4O3S/c1-10-5-6-15-9-13(10)22(20,21)17-14(19)12-8-11-4-2-3-7-18(11)16-12/h5-6,8-9H,2-4,7H2,1H3,(H,17,19). The number of pyridine rings is 1. The summed E-state index contributed by atoms with van der Waals surface area (Å²) in [6.07, 6.45) is 5.65. The summed E-state index contributed by atoms with van der Waals surface area (Å²) >= 11 is 0. The predicted molar refractivity (Wildman–Crippen MR) is 78.8 cm³/mol. The zero-order valence-corrected chi connectivity index (χ0v) is 12.9. The molecule has 116 valence electrons. The van der Waals surface area contributed by atoms with E-state index in [1.165, 1.54) is 12.4 Å². The molecule has 3 rings (SSSR count). The molecule has 2 aromatic rings. The van der Waals surface area contributed by atoms with Crippen LogP contribution in [0.4, 0.5) is 0 Å². The van der Waals surface area contributed by atoms with Gasteiger partial charge in [-0.3, -0.25) is 14.5 Å². The van der Waals surface area contributed by atoms with E-state index in [1.54, 1.807) is 23.7 Å². The fourth-order valence-electron chi connectivity index (χ4n) is 2.49. The van der Waals surface area contributed by atoms with Gasteiger partial charge in [0.05, 0.1) is 0 Å². The molecule has 22 heavy (non-hydrogen) atoms. The maximum Gasteiger partial charge on any atom is 0.285 e. The zero-order valence-electron chi connectivity index (χ0n) is 12.1. The summed E-state index contributed by atoms with van der Waals surface area (Å²) in [5.74, 6) is -0.717. The van der Waals surface area contributed by atoms with Gasteiger partial charge in [-0.25, -0.2) is 13.1 Å². The molecule has 7 nitrogen and oxygen atoms in total. The first-order valence-electron chi connectivity index (χ1n) is 7.02. The normalized spacial score (nSPS) is 14.4. The van der Waals surface area contributed by atoms with Crippen LogP contribution in [0.1, 0.15) is 34.6 Å². The van der Waals surface area contributed by atoms with Gasteiger partial charge in [0, 0.05) is 24.6 Å². The van der Waals surface area contributed by atoms with E-state index in [0.29, 0.717) is 5.56 Å². The van der Waals surface area contributed by atoms with Crippen LogP contribution >= 0.6 is 0 Å². The Hall–Kier alpha value is -2.22. The van der Waals surface area contributed by atoms with Gasteiger partial charge in [-0.05, 0) is 43.9 Å². The molecule has 2 aromatic heterocycles. The SMILES string of the molecule is Cc1ccncc1S(=O)(=O)NC(=O)c1cc2n(n1)CCCC2. The van der Waals surface area contributed by atoms with Gasteiger partial charge in [-0.2, -0.15) is 5.10 Å². The second-order valence-electron chi connectivity index (χ2n) is 5.28. The molecule has 0 aliphatic carbocycles.